The minimum absolute atomic E-state index is 0.0595. The summed E-state index contributed by atoms with van der Waals surface area (Å²) in [7, 11) is 0. The molecular weight excluding hydrogens is 348 g/mol. The van der Waals surface area contributed by atoms with Gasteiger partial charge in [0, 0.05) is 31.3 Å². The molecule has 28 heavy (non-hydrogen) atoms. The van der Waals surface area contributed by atoms with Gasteiger partial charge in [0.2, 0.25) is 11.8 Å². The minimum atomic E-state index is -0.0819. The monoisotopic (exact) mass is 380 g/mol. The van der Waals surface area contributed by atoms with Gasteiger partial charge < -0.3 is 10.2 Å². The van der Waals surface area contributed by atoms with E-state index in [0.29, 0.717) is 6.54 Å². The van der Waals surface area contributed by atoms with Gasteiger partial charge in [-0.25, -0.2) is 0 Å². The molecule has 2 aromatic rings. The number of hydrogen-bond donors (Lipinski definition) is 1. The van der Waals surface area contributed by atoms with Crippen LogP contribution >= 0.6 is 0 Å². The summed E-state index contributed by atoms with van der Waals surface area (Å²) in [6.07, 6.45) is 1.11. The number of amides is 2. The number of carbonyl (C=O) groups is 2. The van der Waals surface area contributed by atoms with Crippen LogP contribution in [0.25, 0.3) is 0 Å². The number of hydrogen-bond acceptors (Lipinski definition) is 2. The van der Waals surface area contributed by atoms with Crippen LogP contribution in [0.5, 0.6) is 0 Å². The summed E-state index contributed by atoms with van der Waals surface area (Å²) in [6.45, 7) is 12.4. The van der Waals surface area contributed by atoms with Crippen LogP contribution < -0.4 is 10.2 Å². The molecule has 0 aliphatic carbocycles. The molecule has 0 bridgehead atoms. The highest BCUT2D eigenvalue weighted by Crippen LogP contribution is 2.25. The molecule has 0 atom stereocenters. The molecule has 0 radical (unpaired) electrons. The van der Waals surface area contributed by atoms with E-state index in [1.165, 1.54) is 12.5 Å². The van der Waals surface area contributed by atoms with Gasteiger partial charge in [-0.3, -0.25) is 9.59 Å². The molecule has 150 valence electrons. The maximum Gasteiger partial charge on any atom is 0.226 e. The van der Waals surface area contributed by atoms with Crippen molar-refractivity contribution in [2.75, 3.05) is 16.8 Å². The Hall–Kier alpha value is -2.62. The molecule has 1 N–H and O–H groups in total. The Kier molecular flexibility index (Phi) is 7.00. The minimum Gasteiger partial charge on any atom is -0.326 e. The van der Waals surface area contributed by atoms with E-state index in [0.717, 1.165) is 28.9 Å². The van der Waals surface area contributed by atoms with E-state index < -0.39 is 0 Å². The summed E-state index contributed by atoms with van der Waals surface area (Å²) >= 11 is 0. The predicted molar refractivity (Wildman–Crippen MR) is 117 cm³/mol. The lowest BCUT2D eigenvalue weighted by Crippen LogP contribution is -2.32. The largest absolute Gasteiger partial charge is 0.326 e. The lowest BCUT2D eigenvalue weighted by molar-refractivity contribution is -0.117. The zero-order valence-corrected chi connectivity index (χ0v) is 17.9. The maximum absolute atomic E-state index is 12.5. The Morgan fingerprint density at radius 2 is 1.68 bits per heavy atom. The molecule has 0 heterocycles. The third-order valence-corrected chi connectivity index (χ3v) is 4.99. The number of aryl methyl sites for hydroxylation is 2. The molecule has 0 saturated carbocycles. The first kappa shape index (κ1) is 21.7. The van der Waals surface area contributed by atoms with Gasteiger partial charge in [-0.2, -0.15) is 0 Å². The van der Waals surface area contributed by atoms with Gasteiger partial charge in [0.1, 0.15) is 0 Å². The third kappa shape index (κ3) is 5.44. The van der Waals surface area contributed by atoms with Gasteiger partial charge in [-0.05, 0) is 47.6 Å². The lowest BCUT2D eigenvalue weighted by Gasteiger charge is -2.24. The van der Waals surface area contributed by atoms with E-state index in [4.69, 9.17) is 0 Å². The van der Waals surface area contributed by atoms with Gasteiger partial charge >= 0.3 is 0 Å². The van der Waals surface area contributed by atoms with Gasteiger partial charge in [0.25, 0.3) is 0 Å². The van der Waals surface area contributed by atoms with Crippen molar-refractivity contribution >= 4 is 23.2 Å². The van der Waals surface area contributed by atoms with Crippen LogP contribution in [-0.4, -0.2) is 18.4 Å². The summed E-state index contributed by atoms with van der Waals surface area (Å²) in [6, 6.07) is 14.0. The highest BCUT2D eigenvalue weighted by Gasteiger charge is 2.17. The molecule has 0 aromatic heterocycles. The Morgan fingerprint density at radius 3 is 2.21 bits per heavy atom. The topological polar surface area (TPSA) is 49.4 Å². The number of rotatable bonds is 6. The second-order valence-corrected chi connectivity index (χ2v) is 8.23. The van der Waals surface area contributed by atoms with Crippen molar-refractivity contribution in [2.24, 2.45) is 0 Å². The molecule has 2 rings (SSSR count). The standard InChI is InChI=1S/C24H32N2O2/c1-7-19-10-8-9-17(2)23(19)25-22(28)15-16-26(18(3)27)21-13-11-20(12-14-21)24(4,5)6/h8-14H,7,15-16H2,1-6H3,(H,25,28). The lowest BCUT2D eigenvalue weighted by atomic mass is 9.87. The van der Waals surface area contributed by atoms with E-state index in [1.807, 2.05) is 49.4 Å². The Balaban J connectivity index is 2.08. The van der Waals surface area contributed by atoms with Crippen molar-refractivity contribution in [1.82, 2.24) is 0 Å². The van der Waals surface area contributed by atoms with Crippen molar-refractivity contribution in [2.45, 2.75) is 59.8 Å². The second-order valence-electron chi connectivity index (χ2n) is 8.23. The van der Waals surface area contributed by atoms with E-state index in [1.54, 1.807) is 4.90 Å². The number of nitrogens with one attached hydrogen (secondary N) is 1. The first-order chi connectivity index (χ1) is 13.1. The van der Waals surface area contributed by atoms with Crippen LogP contribution in [0.4, 0.5) is 11.4 Å². The van der Waals surface area contributed by atoms with E-state index in [9.17, 15) is 9.59 Å². The molecule has 0 unspecified atom stereocenters. The zero-order valence-electron chi connectivity index (χ0n) is 17.9. The molecule has 0 aliphatic rings. The average molecular weight is 381 g/mol. The predicted octanol–water partition coefficient (Wildman–Crippen LogP) is 5.24. The summed E-state index contributed by atoms with van der Waals surface area (Å²) in [5.74, 6) is -0.150. The number of nitrogens with zero attached hydrogens (tertiary/aromatic N) is 1. The van der Waals surface area contributed by atoms with Crippen LogP contribution in [0.3, 0.4) is 0 Å². The maximum atomic E-state index is 12.5. The molecule has 2 amide bonds. The van der Waals surface area contributed by atoms with Gasteiger partial charge in [0.15, 0.2) is 0 Å². The normalized spacial score (nSPS) is 11.2. The SMILES string of the molecule is CCc1cccc(C)c1NC(=O)CCN(C(C)=O)c1ccc(C(C)(C)C)cc1. The second kappa shape index (κ2) is 9.05. The molecule has 0 aliphatic heterocycles. The van der Waals surface area contributed by atoms with Gasteiger partial charge in [0.05, 0.1) is 0 Å². The molecule has 0 spiro atoms. The van der Waals surface area contributed by atoms with Crippen molar-refractivity contribution < 1.29 is 9.59 Å². The Labute approximate surface area is 169 Å². The van der Waals surface area contributed by atoms with Crippen LogP contribution in [0.2, 0.25) is 0 Å². The fraction of sp³-hybridized carbons (Fsp3) is 0.417. The number of benzene rings is 2. The highest BCUT2D eigenvalue weighted by atomic mass is 16.2. The van der Waals surface area contributed by atoms with Crippen molar-refractivity contribution in [3.05, 3.63) is 59.2 Å². The molecule has 0 fully saturated rings. The van der Waals surface area contributed by atoms with Crippen LogP contribution in [0.15, 0.2) is 42.5 Å². The summed E-state index contributed by atoms with van der Waals surface area (Å²) in [4.78, 5) is 26.3. The van der Waals surface area contributed by atoms with Crippen LogP contribution in [0.1, 0.15) is 57.7 Å². The van der Waals surface area contributed by atoms with Crippen molar-refractivity contribution in [3.8, 4) is 0 Å². The van der Waals surface area contributed by atoms with E-state index in [-0.39, 0.29) is 23.7 Å². The number of anilines is 2. The Bertz CT molecular complexity index is 833. The molecule has 4 heteroatoms. The smallest absolute Gasteiger partial charge is 0.226 e. The molecular formula is C24H32N2O2. The number of carbonyl (C=O) groups excluding carboxylic acids is 2. The molecule has 4 nitrogen and oxygen atoms in total. The van der Waals surface area contributed by atoms with E-state index >= 15 is 0 Å². The molecule has 0 saturated heterocycles. The first-order valence-electron chi connectivity index (χ1n) is 9.90. The Morgan fingerprint density at radius 1 is 1.04 bits per heavy atom. The van der Waals surface area contributed by atoms with Crippen LogP contribution in [0, 0.1) is 6.92 Å². The summed E-state index contributed by atoms with van der Waals surface area (Å²) in [5, 5.41) is 3.03. The van der Waals surface area contributed by atoms with Crippen LogP contribution in [-0.2, 0) is 21.4 Å². The fourth-order valence-corrected chi connectivity index (χ4v) is 3.23. The summed E-state index contributed by atoms with van der Waals surface area (Å²) < 4.78 is 0. The zero-order chi connectivity index (χ0) is 20.9. The number of para-hydroxylation sites is 1. The first-order valence-corrected chi connectivity index (χ1v) is 9.90. The summed E-state index contributed by atoms with van der Waals surface area (Å²) in [5.41, 5.74) is 5.15. The van der Waals surface area contributed by atoms with Gasteiger partial charge in [-0.15, -0.1) is 0 Å². The quantitative estimate of drug-likeness (QED) is 0.745. The highest BCUT2D eigenvalue weighted by molar-refractivity contribution is 5.95. The third-order valence-electron chi connectivity index (χ3n) is 4.99. The van der Waals surface area contributed by atoms with E-state index in [2.05, 4.69) is 33.0 Å². The van der Waals surface area contributed by atoms with Gasteiger partial charge in [-0.1, -0.05) is 58.0 Å². The van der Waals surface area contributed by atoms with Crippen molar-refractivity contribution in [1.29, 1.82) is 0 Å². The fourth-order valence-electron chi connectivity index (χ4n) is 3.23. The van der Waals surface area contributed by atoms with Crippen molar-refractivity contribution in [3.63, 3.8) is 0 Å². The molecule has 2 aromatic carbocycles. The average Bonchev–Trinajstić information content (AvgIpc) is 2.63.